The van der Waals surface area contributed by atoms with E-state index in [2.05, 4.69) is 15.4 Å². The summed E-state index contributed by atoms with van der Waals surface area (Å²) in [7, 11) is 2.90. The van der Waals surface area contributed by atoms with Crippen molar-refractivity contribution in [3.63, 3.8) is 0 Å². The molecule has 0 spiro atoms. The maximum absolute atomic E-state index is 11.5. The quantitative estimate of drug-likeness (QED) is 0.507. The zero-order chi connectivity index (χ0) is 13.3. The van der Waals surface area contributed by atoms with E-state index in [-0.39, 0.29) is 11.9 Å². The summed E-state index contributed by atoms with van der Waals surface area (Å²) in [6, 6.07) is -0.993. The van der Waals surface area contributed by atoms with Crippen molar-refractivity contribution in [1.29, 1.82) is 0 Å². The second-order valence-electron chi connectivity index (χ2n) is 3.99. The average Bonchev–Trinajstić information content (AvgIpc) is 2.30. The fourth-order valence-electron chi connectivity index (χ4n) is 1.24. The highest BCUT2D eigenvalue weighted by atomic mass is 16.5. The molecule has 0 aromatic carbocycles. The predicted molar refractivity (Wildman–Crippen MR) is 63.7 cm³/mol. The van der Waals surface area contributed by atoms with Crippen molar-refractivity contribution in [3.8, 4) is 0 Å². The fraction of sp³-hybridized carbons (Fsp3) is 0.818. The number of esters is 1. The topological polar surface area (TPSA) is 76.7 Å². The molecule has 2 amide bonds. The number of urea groups is 1. The molecule has 1 atom stereocenters. The van der Waals surface area contributed by atoms with Crippen LogP contribution in [0.25, 0.3) is 0 Å². The first-order valence-electron chi connectivity index (χ1n) is 5.64. The van der Waals surface area contributed by atoms with Gasteiger partial charge in [-0.15, -0.1) is 0 Å². The standard InChI is InChI=1S/C11H22N2O4/c1-8(2)9(10(14)17-4)13-11(15)12-6-5-7-16-3/h8-9H,5-7H2,1-4H3,(H2,12,13,15). The molecule has 0 aromatic heterocycles. The minimum Gasteiger partial charge on any atom is -0.467 e. The highest BCUT2D eigenvalue weighted by Gasteiger charge is 2.24. The van der Waals surface area contributed by atoms with Crippen molar-refractivity contribution in [3.05, 3.63) is 0 Å². The Kier molecular flexibility index (Phi) is 8.13. The number of carbonyl (C=O) groups excluding carboxylic acids is 2. The van der Waals surface area contributed by atoms with Gasteiger partial charge in [-0.3, -0.25) is 0 Å². The van der Waals surface area contributed by atoms with Crippen LogP contribution in [0.1, 0.15) is 20.3 Å². The van der Waals surface area contributed by atoms with E-state index < -0.39 is 12.0 Å². The third-order valence-electron chi connectivity index (χ3n) is 2.22. The van der Waals surface area contributed by atoms with Gasteiger partial charge in [-0.25, -0.2) is 9.59 Å². The molecule has 1 unspecified atom stereocenters. The van der Waals surface area contributed by atoms with Crippen LogP contribution in [0.2, 0.25) is 0 Å². The molecular formula is C11H22N2O4. The molecule has 0 radical (unpaired) electrons. The van der Waals surface area contributed by atoms with Gasteiger partial charge in [-0.05, 0) is 12.3 Å². The molecule has 0 aromatic rings. The van der Waals surface area contributed by atoms with Crippen LogP contribution in [0, 0.1) is 5.92 Å². The summed E-state index contributed by atoms with van der Waals surface area (Å²) in [6.07, 6.45) is 0.731. The van der Waals surface area contributed by atoms with Crippen LogP contribution in [0.4, 0.5) is 4.79 Å². The van der Waals surface area contributed by atoms with Crippen molar-refractivity contribution in [2.75, 3.05) is 27.4 Å². The van der Waals surface area contributed by atoms with Gasteiger partial charge in [0.2, 0.25) is 0 Å². The Bertz CT molecular complexity index is 244. The van der Waals surface area contributed by atoms with Crippen molar-refractivity contribution >= 4 is 12.0 Å². The maximum Gasteiger partial charge on any atom is 0.328 e. The second-order valence-corrected chi connectivity index (χ2v) is 3.99. The smallest absolute Gasteiger partial charge is 0.328 e. The fourth-order valence-corrected chi connectivity index (χ4v) is 1.24. The molecule has 0 heterocycles. The van der Waals surface area contributed by atoms with E-state index in [4.69, 9.17) is 4.74 Å². The Morgan fingerprint density at radius 2 is 1.88 bits per heavy atom. The van der Waals surface area contributed by atoms with Crippen LogP contribution < -0.4 is 10.6 Å². The molecular weight excluding hydrogens is 224 g/mol. The number of methoxy groups -OCH3 is 2. The molecule has 0 saturated carbocycles. The Morgan fingerprint density at radius 1 is 1.24 bits per heavy atom. The molecule has 100 valence electrons. The lowest BCUT2D eigenvalue weighted by atomic mass is 10.1. The van der Waals surface area contributed by atoms with E-state index in [1.54, 1.807) is 7.11 Å². The Hall–Kier alpha value is -1.30. The zero-order valence-corrected chi connectivity index (χ0v) is 10.9. The summed E-state index contributed by atoms with van der Waals surface area (Å²) in [5.41, 5.74) is 0. The van der Waals surface area contributed by atoms with Crippen molar-refractivity contribution in [2.24, 2.45) is 5.92 Å². The van der Waals surface area contributed by atoms with Crippen molar-refractivity contribution < 1.29 is 19.1 Å². The molecule has 0 aliphatic carbocycles. The zero-order valence-electron chi connectivity index (χ0n) is 10.9. The molecule has 0 aliphatic rings. The highest BCUT2D eigenvalue weighted by molar-refractivity contribution is 5.83. The lowest BCUT2D eigenvalue weighted by molar-refractivity contribution is -0.143. The van der Waals surface area contributed by atoms with E-state index in [0.717, 1.165) is 6.42 Å². The third kappa shape index (κ3) is 6.78. The van der Waals surface area contributed by atoms with Gasteiger partial charge < -0.3 is 20.1 Å². The van der Waals surface area contributed by atoms with Gasteiger partial charge in [0.15, 0.2) is 0 Å². The molecule has 17 heavy (non-hydrogen) atoms. The van der Waals surface area contributed by atoms with E-state index in [1.165, 1.54) is 7.11 Å². The van der Waals surface area contributed by atoms with Gasteiger partial charge in [-0.2, -0.15) is 0 Å². The summed E-state index contributed by atoms with van der Waals surface area (Å²) in [6.45, 7) is 4.77. The number of hydrogen-bond acceptors (Lipinski definition) is 4. The molecule has 0 aliphatic heterocycles. The highest BCUT2D eigenvalue weighted by Crippen LogP contribution is 2.03. The normalized spacial score (nSPS) is 12.1. The van der Waals surface area contributed by atoms with Gasteiger partial charge >= 0.3 is 12.0 Å². The number of rotatable bonds is 7. The molecule has 0 rings (SSSR count). The molecule has 0 saturated heterocycles. The second kappa shape index (κ2) is 8.81. The van der Waals surface area contributed by atoms with Gasteiger partial charge in [0, 0.05) is 20.3 Å². The average molecular weight is 246 g/mol. The van der Waals surface area contributed by atoms with Gasteiger partial charge in [-0.1, -0.05) is 13.8 Å². The van der Waals surface area contributed by atoms with Crippen LogP contribution in [-0.2, 0) is 14.3 Å². The Labute approximate surface area is 102 Å². The summed E-state index contributed by atoms with van der Waals surface area (Å²) >= 11 is 0. The van der Waals surface area contributed by atoms with Crippen LogP contribution >= 0.6 is 0 Å². The first-order valence-corrected chi connectivity index (χ1v) is 5.64. The van der Waals surface area contributed by atoms with E-state index in [1.807, 2.05) is 13.8 Å². The number of ether oxygens (including phenoxy) is 2. The van der Waals surface area contributed by atoms with E-state index in [0.29, 0.717) is 13.2 Å². The maximum atomic E-state index is 11.5. The van der Waals surface area contributed by atoms with Crippen molar-refractivity contribution in [1.82, 2.24) is 10.6 Å². The van der Waals surface area contributed by atoms with Gasteiger partial charge in [0.05, 0.1) is 7.11 Å². The number of amides is 2. The predicted octanol–water partition coefficient (Wildman–Crippen LogP) is 0.520. The lowest BCUT2D eigenvalue weighted by Gasteiger charge is -2.19. The SMILES string of the molecule is COCCCNC(=O)NC(C(=O)OC)C(C)C. The summed E-state index contributed by atoms with van der Waals surface area (Å²) in [4.78, 5) is 22.9. The number of nitrogens with one attached hydrogen (secondary N) is 2. The van der Waals surface area contributed by atoms with E-state index in [9.17, 15) is 9.59 Å². The van der Waals surface area contributed by atoms with Crippen LogP contribution in [0.15, 0.2) is 0 Å². The van der Waals surface area contributed by atoms with Crippen LogP contribution in [0.5, 0.6) is 0 Å². The largest absolute Gasteiger partial charge is 0.467 e. The minimum absolute atomic E-state index is 0.0211. The molecule has 2 N–H and O–H groups in total. The van der Waals surface area contributed by atoms with Gasteiger partial charge in [0.25, 0.3) is 0 Å². The summed E-state index contributed by atoms with van der Waals surface area (Å²) in [5, 5.41) is 5.22. The monoisotopic (exact) mass is 246 g/mol. The number of carbonyl (C=O) groups is 2. The molecule has 0 fully saturated rings. The first-order chi connectivity index (χ1) is 8.02. The van der Waals surface area contributed by atoms with Crippen LogP contribution in [-0.4, -0.2) is 45.4 Å². The Morgan fingerprint density at radius 3 is 2.35 bits per heavy atom. The minimum atomic E-state index is -0.623. The lowest BCUT2D eigenvalue weighted by Crippen LogP contribution is -2.49. The van der Waals surface area contributed by atoms with E-state index >= 15 is 0 Å². The summed E-state index contributed by atoms with van der Waals surface area (Å²) in [5.74, 6) is -0.459. The third-order valence-corrected chi connectivity index (χ3v) is 2.22. The Balaban J connectivity index is 4.00. The van der Waals surface area contributed by atoms with Crippen molar-refractivity contribution in [2.45, 2.75) is 26.3 Å². The van der Waals surface area contributed by atoms with Gasteiger partial charge in [0.1, 0.15) is 6.04 Å². The summed E-state index contributed by atoms with van der Waals surface area (Å²) < 4.78 is 9.47. The molecule has 0 bridgehead atoms. The molecule has 6 heteroatoms. The van der Waals surface area contributed by atoms with Crippen LogP contribution in [0.3, 0.4) is 0 Å². The first kappa shape index (κ1) is 15.7. The molecule has 6 nitrogen and oxygen atoms in total. The number of hydrogen-bond donors (Lipinski definition) is 2.